The number of hydrogen-bond donors (Lipinski definition) is 3. The van der Waals surface area contributed by atoms with Crippen LogP contribution < -0.4 is 5.32 Å². The molecule has 3 aromatic heterocycles. The van der Waals surface area contributed by atoms with Gasteiger partial charge in [0.15, 0.2) is 11.5 Å². The van der Waals surface area contributed by atoms with Crippen LogP contribution in [0.15, 0.2) is 73.2 Å². The monoisotopic (exact) mass is 508 g/mol. The molecule has 8 heteroatoms. The van der Waals surface area contributed by atoms with Crippen molar-refractivity contribution in [3.05, 3.63) is 78.8 Å². The number of amides is 1. The predicted octanol–water partition coefficient (Wildman–Crippen LogP) is 5.49. The molecule has 2 aromatic carbocycles. The first-order chi connectivity index (χ1) is 18.5. The number of hydrogen-bond acceptors (Lipinski definition) is 5. The topological polar surface area (TPSA) is 88.9 Å². The Morgan fingerprint density at radius 3 is 2.63 bits per heavy atom. The molecule has 0 bridgehead atoms. The van der Waals surface area contributed by atoms with E-state index in [1.165, 1.54) is 0 Å². The molecule has 5 aromatic rings. The highest BCUT2D eigenvalue weighted by atomic mass is 16.3. The number of aromatic nitrogens is 3. The van der Waals surface area contributed by atoms with E-state index >= 15 is 0 Å². The minimum Gasteiger partial charge on any atom is -0.494 e. The largest absolute Gasteiger partial charge is 0.494 e. The summed E-state index contributed by atoms with van der Waals surface area (Å²) in [5, 5.41) is 15.1. The van der Waals surface area contributed by atoms with Crippen LogP contribution >= 0.6 is 0 Å². The zero-order chi connectivity index (χ0) is 26.2. The molecular weight excluding hydrogens is 476 g/mol. The van der Waals surface area contributed by atoms with E-state index in [0.717, 1.165) is 71.7 Å². The second kappa shape index (κ2) is 9.87. The van der Waals surface area contributed by atoms with Gasteiger partial charge in [-0.1, -0.05) is 13.0 Å². The zero-order valence-corrected chi connectivity index (χ0v) is 21.7. The molecule has 38 heavy (non-hydrogen) atoms. The standard InChI is InChI=1S/C30H32N6O2/c1-3-20(2)34-14-16-35(17-15-34)30(38)21-4-7-24(8-5-21)33-26-10-11-27(36-13-12-31-28(26)36)22-6-9-25-23(18-22)19-32-29(25)37/h4-13,18-20,32-33,37H,3,14-17H2,1-2H3. The van der Waals surface area contributed by atoms with Gasteiger partial charge < -0.3 is 20.3 Å². The quantitative estimate of drug-likeness (QED) is 0.282. The minimum atomic E-state index is 0.0908. The highest BCUT2D eigenvalue weighted by Crippen LogP contribution is 2.31. The third kappa shape index (κ3) is 4.37. The number of carbonyl (C=O) groups excluding carboxylic acids is 1. The van der Waals surface area contributed by atoms with Gasteiger partial charge in [0.05, 0.1) is 11.4 Å². The number of aromatic hydroxyl groups is 1. The number of rotatable bonds is 6. The van der Waals surface area contributed by atoms with E-state index in [1.54, 1.807) is 12.4 Å². The zero-order valence-electron chi connectivity index (χ0n) is 21.7. The maximum atomic E-state index is 13.1. The summed E-state index contributed by atoms with van der Waals surface area (Å²) in [7, 11) is 0. The summed E-state index contributed by atoms with van der Waals surface area (Å²) >= 11 is 0. The summed E-state index contributed by atoms with van der Waals surface area (Å²) in [5.41, 5.74) is 5.31. The van der Waals surface area contributed by atoms with Gasteiger partial charge in [-0.15, -0.1) is 0 Å². The van der Waals surface area contributed by atoms with Crippen LogP contribution in [0.1, 0.15) is 30.6 Å². The number of benzene rings is 2. The smallest absolute Gasteiger partial charge is 0.253 e. The van der Waals surface area contributed by atoms with Gasteiger partial charge in [-0.25, -0.2) is 4.98 Å². The van der Waals surface area contributed by atoms with E-state index in [-0.39, 0.29) is 11.8 Å². The Morgan fingerprint density at radius 1 is 1.08 bits per heavy atom. The van der Waals surface area contributed by atoms with Crippen molar-refractivity contribution in [2.24, 2.45) is 0 Å². The van der Waals surface area contributed by atoms with Gasteiger partial charge in [-0.05, 0) is 67.4 Å². The van der Waals surface area contributed by atoms with Crippen molar-refractivity contribution in [2.45, 2.75) is 26.3 Å². The molecule has 194 valence electrons. The van der Waals surface area contributed by atoms with Crippen molar-refractivity contribution in [1.29, 1.82) is 0 Å². The van der Waals surface area contributed by atoms with Gasteiger partial charge in [-0.3, -0.25) is 14.1 Å². The molecule has 1 aliphatic rings. The number of H-pyrrole nitrogens is 1. The molecule has 3 N–H and O–H groups in total. The molecule has 1 fully saturated rings. The number of nitrogens with one attached hydrogen (secondary N) is 2. The van der Waals surface area contributed by atoms with Crippen LogP contribution in [-0.4, -0.2) is 67.4 Å². The Morgan fingerprint density at radius 2 is 1.87 bits per heavy atom. The lowest BCUT2D eigenvalue weighted by Crippen LogP contribution is -2.51. The van der Waals surface area contributed by atoms with Crippen LogP contribution in [0, 0.1) is 0 Å². The normalized spacial score (nSPS) is 15.3. The average molecular weight is 509 g/mol. The molecule has 1 amide bonds. The molecule has 0 saturated carbocycles. The number of imidazole rings is 1. The number of piperazine rings is 1. The van der Waals surface area contributed by atoms with Crippen molar-refractivity contribution in [1.82, 2.24) is 24.2 Å². The molecule has 4 heterocycles. The van der Waals surface area contributed by atoms with E-state index in [1.807, 2.05) is 64.0 Å². The molecule has 1 saturated heterocycles. The number of fused-ring (bicyclic) bond motifs is 2. The summed E-state index contributed by atoms with van der Waals surface area (Å²) in [6.45, 7) is 7.86. The maximum Gasteiger partial charge on any atom is 0.253 e. The van der Waals surface area contributed by atoms with Crippen molar-refractivity contribution in [2.75, 3.05) is 31.5 Å². The first-order valence-corrected chi connectivity index (χ1v) is 13.2. The Balaban J connectivity index is 1.18. The molecular formula is C30H32N6O2. The molecule has 0 spiro atoms. The van der Waals surface area contributed by atoms with E-state index in [4.69, 9.17) is 0 Å². The number of pyridine rings is 1. The van der Waals surface area contributed by atoms with Crippen molar-refractivity contribution < 1.29 is 9.90 Å². The predicted molar refractivity (Wildman–Crippen MR) is 151 cm³/mol. The van der Waals surface area contributed by atoms with Crippen LogP contribution in [0.2, 0.25) is 0 Å². The molecule has 1 atom stereocenters. The van der Waals surface area contributed by atoms with Gasteiger partial charge in [0.1, 0.15) is 0 Å². The molecule has 0 aliphatic carbocycles. The second-order valence-corrected chi connectivity index (χ2v) is 9.98. The van der Waals surface area contributed by atoms with Gasteiger partial charge in [0.25, 0.3) is 5.91 Å². The van der Waals surface area contributed by atoms with Crippen LogP contribution in [0.3, 0.4) is 0 Å². The number of aromatic amines is 1. The third-order valence-electron chi connectivity index (χ3n) is 7.74. The number of nitrogens with zero attached hydrogens (tertiary/aromatic N) is 4. The summed E-state index contributed by atoms with van der Waals surface area (Å²) in [5.74, 6) is 0.267. The van der Waals surface area contributed by atoms with E-state index in [9.17, 15) is 9.90 Å². The first-order valence-electron chi connectivity index (χ1n) is 13.2. The number of anilines is 2. The maximum absolute atomic E-state index is 13.1. The Bertz CT molecular complexity index is 1590. The van der Waals surface area contributed by atoms with E-state index in [2.05, 4.69) is 40.1 Å². The lowest BCUT2D eigenvalue weighted by molar-refractivity contribution is 0.0579. The molecule has 1 aliphatic heterocycles. The summed E-state index contributed by atoms with van der Waals surface area (Å²) in [6.07, 6.45) is 6.66. The minimum absolute atomic E-state index is 0.0908. The highest BCUT2D eigenvalue weighted by molar-refractivity contribution is 5.95. The second-order valence-electron chi connectivity index (χ2n) is 9.98. The van der Waals surface area contributed by atoms with Crippen molar-refractivity contribution in [3.63, 3.8) is 0 Å². The molecule has 8 nitrogen and oxygen atoms in total. The Kier molecular flexibility index (Phi) is 6.25. The summed E-state index contributed by atoms with van der Waals surface area (Å²) < 4.78 is 2.05. The van der Waals surface area contributed by atoms with E-state index in [0.29, 0.717) is 11.6 Å². The lowest BCUT2D eigenvalue weighted by Gasteiger charge is -2.37. The fraction of sp³-hybridized carbons (Fsp3) is 0.267. The molecule has 6 rings (SSSR count). The van der Waals surface area contributed by atoms with Gasteiger partial charge in [0.2, 0.25) is 0 Å². The van der Waals surface area contributed by atoms with Gasteiger partial charge in [0, 0.05) is 72.8 Å². The fourth-order valence-electron chi connectivity index (χ4n) is 5.29. The third-order valence-corrected chi connectivity index (χ3v) is 7.74. The fourth-order valence-corrected chi connectivity index (χ4v) is 5.29. The van der Waals surface area contributed by atoms with Gasteiger partial charge in [-0.2, -0.15) is 0 Å². The van der Waals surface area contributed by atoms with Crippen LogP contribution in [0.25, 0.3) is 27.7 Å². The average Bonchev–Trinajstić information content (AvgIpc) is 3.60. The molecule has 0 radical (unpaired) electrons. The van der Waals surface area contributed by atoms with Crippen LogP contribution in [0.4, 0.5) is 11.4 Å². The highest BCUT2D eigenvalue weighted by Gasteiger charge is 2.24. The SMILES string of the molecule is CCC(C)N1CCN(C(=O)c2ccc(Nc3ccc(-c4ccc5c(O)[nH]cc5c4)n4ccnc34)cc2)CC1. The number of carbonyl (C=O) groups is 1. The van der Waals surface area contributed by atoms with Crippen molar-refractivity contribution in [3.8, 4) is 17.1 Å². The summed E-state index contributed by atoms with van der Waals surface area (Å²) in [6, 6.07) is 18.3. The molecule has 1 unspecified atom stereocenters. The van der Waals surface area contributed by atoms with Gasteiger partial charge >= 0.3 is 0 Å². The Labute approximate surface area is 221 Å². The van der Waals surface area contributed by atoms with E-state index < -0.39 is 0 Å². The first kappa shape index (κ1) is 24.1. The lowest BCUT2D eigenvalue weighted by atomic mass is 10.1. The van der Waals surface area contributed by atoms with Crippen LogP contribution in [0.5, 0.6) is 5.88 Å². The Hall–Kier alpha value is -4.30. The summed E-state index contributed by atoms with van der Waals surface area (Å²) in [4.78, 5) is 24.9. The van der Waals surface area contributed by atoms with Crippen LogP contribution in [-0.2, 0) is 0 Å². The van der Waals surface area contributed by atoms with Crippen molar-refractivity contribution >= 4 is 33.7 Å².